The summed E-state index contributed by atoms with van der Waals surface area (Å²) < 4.78 is 5.66. The summed E-state index contributed by atoms with van der Waals surface area (Å²) >= 11 is 0. The molecule has 0 bridgehead atoms. The van der Waals surface area contributed by atoms with Crippen LogP contribution in [0.4, 0.5) is 0 Å². The highest BCUT2D eigenvalue weighted by molar-refractivity contribution is 5.94. The van der Waals surface area contributed by atoms with Crippen molar-refractivity contribution in [2.45, 2.75) is 19.1 Å². The number of nitrogens with one attached hydrogen (secondary N) is 1. The molecule has 1 aromatic carbocycles. The van der Waals surface area contributed by atoms with E-state index in [0.717, 1.165) is 12.1 Å². The lowest BCUT2D eigenvalue weighted by Crippen LogP contribution is -2.32. The fraction of sp³-hybridized carbons (Fsp3) is 0.263. The number of aromatic nitrogens is 1. The largest absolute Gasteiger partial charge is 0.487 e. The Hall–Kier alpha value is -2.66. The van der Waals surface area contributed by atoms with Crippen molar-refractivity contribution in [3.63, 3.8) is 0 Å². The molecule has 0 spiro atoms. The van der Waals surface area contributed by atoms with Crippen LogP contribution >= 0.6 is 0 Å². The third-order valence-electron chi connectivity index (χ3n) is 3.95. The molecule has 2 atom stereocenters. The molecule has 1 heterocycles. The van der Waals surface area contributed by atoms with Crippen LogP contribution in [-0.4, -0.2) is 28.6 Å². The summed E-state index contributed by atoms with van der Waals surface area (Å²) in [4.78, 5) is 16.4. The third-order valence-corrected chi connectivity index (χ3v) is 3.95. The summed E-state index contributed by atoms with van der Waals surface area (Å²) in [5.41, 5.74) is 1.44. The second-order valence-electron chi connectivity index (χ2n) is 5.78. The molecule has 2 N–H and O–H groups in total. The Balaban J connectivity index is 1.52. The highest BCUT2D eigenvalue weighted by Gasteiger charge is 2.20. The number of nitrogens with zero attached hydrogens (tertiary/aromatic N) is 1. The monoisotopic (exact) mass is 324 g/mol. The standard InChI is InChI=1S/C19H20N2O3/c22-12-14-4-7-16(11-14)21-19(23)15-5-8-18(9-6-15)24-13-17-3-1-2-10-20-17/h1-10,14,16,22H,11-13H2,(H,21,23)/t14-,16+/m0/s1. The molecule has 1 aromatic heterocycles. The van der Waals surface area contributed by atoms with Gasteiger partial charge in [0, 0.05) is 30.3 Å². The van der Waals surface area contributed by atoms with Gasteiger partial charge in [-0.15, -0.1) is 0 Å². The lowest BCUT2D eigenvalue weighted by Gasteiger charge is -2.13. The molecule has 1 amide bonds. The van der Waals surface area contributed by atoms with Gasteiger partial charge in [-0.05, 0) is 42.8 Å². The molecular formula is C19H20N2O3. The Bertz CT molecular complexity index is 698. The first-order valence-electron chi connectivity index (χ1n) is 7.97. The normalized spacial score (nSPS) is 19.2. The van der Waals surface area contributed by atoms with Crippen molar-refractivity contribution < 1.29 is 14.6 Å². The average molecular weight is 324 g/mol. The maximum absolute atomic E-state index is 12.2. The molecule has 0 aliphatic heterocycles. The molecule has 1 aliphatic carbocycles. The summed E-state index contributed by atoms with van der Waals surface area (Å²) in [5.74, 6) is 0.704. The number of ether oxygens (including phenoxy) is 1. The van der Waals surface area contributed by atoms with Crippen LogP contribution < -0.4 is 10.1 Å². The lowest BCUT2D eigenvalue weighted by atomic mass is 10.1. The number of hydrogen-bond donors (Lipinski definition) is 2. The summed E-state index contributed by atoms with van der Waals surface area (Å²) in [7, 11) is 0. The van der Waals surface area contributed by atoms with Gasteiger partial charge in [0.2, 0.25) is 0 Å². The molecule has 1 aliphatic rings. The van der Waals surface area contributed by atoms with E-state index in [0.29, 0.717) is 17.9 Å². The molecule has 0 saturated heterocycles. The van der Waals surface area contributed by atoms with Gasteiger partial charge in [0.25, 0.3) is 5.91 Å². The van der Waals surface area contributed by atoms with E-state index in [4.69, 9.17) is 9.84 Å². The predicted molar refractivity (Wildman–Crippen MR) is 90.6 cm³/mol. The second kappa shape index (κ2) is 7.75. The summed E-state index contributed by atoms with van der Waals surface area (Å²) in [6.45, 7) is 0.507. The van der Waals surface area contributed by atoms with E-state index in [1.54, 1.807) is 30.5 Å². The minimum absolute atomic E-state index is 0.0188. The van der Waals surface area contributed by atoms with Gasteiger partial charge in [0.1, 0.15) is 12.4 Å². The fourth-order valence-corrected chi connectivity index (χ4v) is 2.61. The number of amides is 1. The zero-order valence-electron chi connectivity index (χ0n) is 13.3. The lowest BCUT2D eigenvalue weighted by molar-refractivity contribution is 0.0941. The smallest absolute Gasteiger partial charge is 0.251 e. The quantitative estimate of drug-likeness (QED) is 0.800. The second-order valence-corrected chi connectivity index (χ2v) is 5.78. The molecule has 124 valence electrons. The molecular weight excluding hydrogens is 304 g/mol. The Morgan fingerprint density at radius 2 is 2.04 bits per heavy atom. The van der Waals surface area contributed by atoms with E-state index < -0.39 is 0 Å². The van der Waals surface area contributed by atoms with E-state index in [1.165, 1.54) is 0 Å². The van der Waals surface area contributed by atoms with Gasteiger partial charge in [-0.3, -0.25) is 9.78 Å². The maximum Gasteiger partial charge on any atom is 0.251 e. The van der Waals surface area contributed by atoms with E-state index in [1.807, 2.05) is 30.4 Å². The van der Waals surface area contributed by atoms with E-state index in [9.17, 15) is 4.79 Å². The first-order valence-corrected chi connectivity index (χ1v) is 7.97. The molecule has 24 heavy (non-hydrogen) atoms. The first kappa shape index (κ1) is 16.2. The van der Waals surface area contributed by atoms with Gasteiger partial charge in [-0.1, -0.05) is 18.2 Å². The molecule has 5 heteroatoms. The minimum atomic E-state index is -0.125. The van der Waals surface area contributed by atoms with Crippen molar-refractivity contribution in [1.82, 2.24) is 10.3 Å². The zero-order valence-corrected chi connectivity index (χ0v) is 13.3. The van der Waals surface area contributed by atoms with Crippen molar-refractivity contribution in [3.05, 3.63) is 72.1 Å². The van der Waals surface area contributed by atoms with Crippen LogP contribution in [0, 0.1) is 5.92 Å². The summed E-state index contributed by atoms with van der Waals surface area (Å²) in [6, 6.07) is 12.7. The average Bonchev–Trinajstić information content (AvgIpc) is 3.09. The zero-order chi connectivity index (χ0) is 16.8. The van der Waals surface area contributed by atoms with Gasteiger partial charge < -0.3 is 15.2 Å². The number of pyridine rings is 1. The predicted octanol–water partition coefficient (Wildman–Crippen LogP) is 2.33. The highest BCUT2D eigenvalue weighted by atomic mass is 16.5. The number of carbonyl (C=O) groups is 1. The first-order chi connectivity index (χ1) is 11.7. The number of rotatable bonds is 6. The maximum atomic E-state index is 12.2. The molecule has 0 unspecified atom stereocenters. The Morgan fingerprint density at radius 1 is 1.21 bits per heavy atom. The molecule has 0 radical (unpaired) electrons. The molecule has 0 fully saturated rings. The molecule has 3 rings (SSSR count). The van der Waals surface area contributed by atoms with Crippen LogP contribution in [-0.2, 0) is 6.61 Å². The topological polar surface area (TPSA) is 71.5 Å². The third kappa shape index (κ3) is 4.20. The van der Waals surface area contributed by atoms with Crippen molar-refractivity contribution in [1.29, 1.82) is 0 Å². The Labute approximate surface area is 141 Å². The SMILES string of the molecule is O=C(N[C@@H]1C=C[C@H](CO)C1)c1ccc(OCc2ccccn2)cc1. The van der Waals surface area contributed by atoms with Crippen LogP contribution in [0.2, 0.25) is 0 Å². The van der Waals surface area contributed by atoms with Crippen LogP contribution in [0.1, 0.15) is 22.5 Å². The van der Waals surface area contributed by atoms with Gasteiger partial charge >= 0.3 is 0 Å². The number of carbonyl (C=O) groups excluding carboxylic acids is 1. The number of hydrogen-bond acceptors (Lipinski definition) is 4. The minimum Gasteiger partial charge on any atom is -0.487 e. The number of aliphatic hydroxyl groups is 1. The van der Waals surface area contributed by atoms with E-state index >= 15 is 0 Å². The van der Waals surface area contributed by atoms with Crippen molar-refractivity contribution in [2.75, 3.05) is 6.61 Å². The van der Waals surface area contributed by atoms with Crippen LogP contribution in [0.3, 0.4) is 0 Å². The van der Waals surface area contributed by atoms with E-state index in [2.05, 4.69) is 10.3 Å². The van der Waals surface area contributed by atoms with Gasteiger partial charge in [0.15, 0.2) is 0 Å². The Kier molecular flexibility index (Phi) is 5.23. The van der Waals surface area contributed by atoms with Crippen LogP contribution in [0.25, 0.3) is 0 Å². The van der Waals surface area contributed by atoms with Crippen molar-refractivity contribution in [2.24, 2.45) is 5.92 Å². The highest BCUT2D eigenvalue weighted by Crippen LogP contribution is 2.18. The van der Waals surface area contributed by atoms with Gasteiger partial charge in [-0.2, -0.15) is 0 Å². The van der Waals surface area contributed by atoms with Crippen molar-refractivity contribution in [3.8, 4) is 5.75 Å². The molecule has 2 aromatic rings. The Morgan fingerprint density at radius 3 is 2.71 bits per heavy atom. The van der Waals surface area contributed by atoms with Crippen molar-refractivity contribution >= 4 is 5.91 Å². The fourth-order valence-electron chi connectivity index (χ4n) is 2.61. The summed E-state index contributed by atoms with van der Waals surface area (Å²) in [6.07, 6.45) is 6.35. The number of aliphatic hydroxyl groups excluding tert-OH is 1. The molecule has 5 nitrogen and oxygen atoms in total. The van der Waals surface area contributed by atoms with Gasteiger partial charge in [-0.25, -0.2) is 0 Å². The van der Waals surface area contributed by atoms with Crippen LogP contribution in [0.5, 0.6) is 5.75 Å². The van der Waals surface area contributed by atoms with Crippen LogP contribution in [0.15, 0.2) is 60.8 Å². The van der Waals surface area contributed by atoms with E-state index in [-0.39, 0.29) is 24.5 Å². The number of benzene rings is 1. The molecule has 0 saturated carbocycles. The van der Waals surface area contributed by atoms with Gasteiger partial charge in [0.05, 0.1) is 5.69 Å². The summed E-state index contributed by atoms with van der Waals surface area (Å²) in [5, 5.41) is 12.1.